The average Bonchev–Trinajstić information content (AvgIpc) is 3.24. The van der Waals surface area contributed by atoms with Gasteiger partial charge in [0.25, 0.3) is 0 Å². The number of fused-ring (bicyclic) bond motifs is 1. The van der Waals surface area contributed by atoms with Gasteiger partial charge in [0.05, 0.1) is 0 Å². The molecule has 1 heterocycles. The molecule has 0 aliphatic heterocycles. The molecule has 4 aromatic carbocycles. The third-order valence-electron chi connectivity index (χ3n) is 4.77. The van der Waals surface area contributed by atoms with Crippen LogP contribution in [0.3, 0.4) is 0 Å². The van der Waals surface area contributed by atoms with Gasteiger partial charge >= 0.3 is 0 Å². The van der Waals surface area contributed by atoms with Gasteiger partial charge in [-0.15, -0.1) is 0 Å². The van der Waals surface area contributed by atoms with Crippen molar-refractivity contribution in [1.82, 2.24) is 10.3 Å². The van der Waals surface area contributed by atoms with Crippen LogP contribution in [0.4, 0.5) is 0 Å². The van der Waals surface area contributed by atoms with E-state index in [9.17, 15) is 0 Å². The van der Waals surface area contributed by atoms with Crippen LogP contribution < -0.4 is 0 Å². The average molecular weight is 348 g/mol. The SMILES string of the molecule is c1ccc(-c2cc(-c3ccccc3)c3nonc3c2-c2ccccc2)cc1. The van der Waals surface area contributed by atoms with Gasteiger partial charge in [-0.05, 0) is 38.6 Å². The fourth-order valence-corrected chi connectivity index (χ4v) is 3.52. The molecule has 5 aromatic rings. The fourth-order valence-electron chi connectivity index (χ4n) is 3.52. The van der Waals surface area contributed by atoms with Crippen molar-refractivity contribution in [3.05, 3.63) is 97.1 Å². The highest BCUT2D eigenvalue weighted by atomic mass is 16.6. The zero-order valence-corrected chi connectivity index (χ0v) is 14.5. The molecule has 0 N–H and O–H groups in total. The Morgan fingerprint density at radius 2 is 0.963 bits per heavy atom. The Hall–Kier alpha value is -3.72. The molecular formula is C24H16N2O. The van der Waals surface area contributed by atoms with Gasteiger partial charge in [-0.25, -0.2) is 4.63 Å². The van der Waals surface area contributed by atoms with Crippen molar-refractivity contribution < 1.29 is 4.63 Å². The lowest BCUT2D eigenvalue weighted by Crippen LogP contribution is -1.91. The Labute approximate surface area is 156 Å². The summed E-state index contributed by atoms with van der Waals surface area (Å²) in [5, 5.41) is 8.51. The summed E-state index contributed by atoms with van der Waals surface area (Å²) in [7, 11) is 0. The fraction of sp³-hybridized carbons (Fsp3) is 0. The second kappa shape index (κ2) is 6.54. The summed E-state index contributed by atoms with van der Waals surface area (Å²) in [5.41, 5.74) is 8.05. The monoisotopic (exact) mass is 348 g/mol. The molecule has 3 heteroatoms. The number of rotatable bonds is 3. The van der Waals surface area contributed by atoms with Crippen LogP contribution in [0.25, 0.3) is 44.4 Å². The van der Waals surface area contributed by atoms with Gasteiger partial charge in [0.2, 0.25) is 0 Å². The Morgan fingerprint density at radius 1 is 0.481 bits per heavy atom. The highest BCUT2D eigenvalue weighted by molar-refractivity contribution is 6.06. The predicted molar refractivity (Wildman–Crippen MR) is 108 cm³/mol. The first-order chi connectivity index (χ1) is 13.4. The minimum Gasteiger partial charge on any atom is -0.243 e. The summed E-state index contributed by atoms with van der Waals surface area (Å²) >= 11 is 0. The zero-order valence-electron chi connectivity index (χ0n) is 14.5. The van der Waals surface area contributed by atoms with Gasteiger partial charge in [0.15, 0.2) is 0 Å². The number of aromatic nitrogens is 2. The van der Waals surface area contributed by atoms with Crippen LogP contribution in [-0.2, 0) is 0 Å². The maximum absolute atomic E-state index is 5.18. The second-order valence-corrected chi connectivity index (χ2v) is 6.41. The van der Waals surface area contributed by atoms with Gasteiger partial charge in [-0.3, -0.25) is 0 Å². The molecule has 1 aromatic heterocycles. The number of nitrogens with zero attached hydrogens (tertiary/aromatic N) is 2. The van der Waals surface area contributed by atoms with E-state index < -0.39 is 0 Å². The molecule has 0 saturated carbocycles. The zero-order chi connectivity index (χ0) is 18.1. The molecule has 0 aliphatic rings. The molecule has 5 rings (SSSR count). The maximum Gasteiger partial charge on any atom is 0.144 e. The van der Waals surface area contributed by atoms with E-state index in [0.29, 0.717) is 0 Å². The third-order valence-corrected chi connectivity index (χ3v) is 4.77. The first-order valence-electron chi connectivity index (χ1n) is 8.87. The van der Waals surface area contributed by atoms with Crippen molar-refractivity contribution in [2.45, 2.75) is 0 Å². The van der Waals surface area contributed by atoms with Crippen LogP contribution in [-0.4, -0.2) is 10.3 Å². The molecular weight excluding hydrogens is 332 g/mol. The Bertz CT molecular complexity index is 1200. The van der Waals surface area contributed by atoms with Crippen LogP contribution in [0.15, 0.2) is 102 Å². The van der Waals surface area contributed by atoms with E-state index in [2.05, 4.69) is 64.9 Å². The summed E-state index contributed by atoms with van der Waals surface area (Å²) in [6.07, 6.45) is 0. The van der Waals surface area contributed by atoms with Crippen molar-refractivity contribution in [3.8, 4) is 33.4 Å². The van der Waals surface area contributed by atoms with E-state index in [0.717, 1.165) is 44.4 Å². The van der Waals surface area contributed by atoms with Crippen LogP contribution in [0.2, 0.25) is 0 Å². The standard InChI is InChI=1S/C24H16N2O/c1-4-10-17(11-5-1)20-16-21(18-12-6-2-7-13-18)23-24(26-27-25-23)22(20)19-14-8-3-9-15-19/h1-16H. The molecule has 0 saturated heterocycles. The molecule has 0 fully saturated rings. The largest absolute Gasteiger partial charge is 0.243 e. The Kier molecular flexibility index (Phi) is 3.76. The third kappa shape index (κ3) is 2.70. The van der Waals surface area contributed by atoms with Gasteiger partial charge in [0, 0.05) is 11.1 Å². The van der Waals surface area contributed by atoms with Crippen molar-refractivity contribution in [3.63, 3.8) is 0 Å². The molecule has 0 spiro atoms. The van der Waals surface area contributed by atoms with Crippen molar-refractivity contribution in [1.29, 1.82) is 0 Å². The van der Waals surface area contributed by atoms with Crippen LogP contribution in [0, 0.1) is 0 Å². The van der Waals surface area contributed by atoms with Gasteiger partial charge in [0.1, 0.15) is 11.0 Å². The molecule has 0 unspecified atom stereocenters. The first-order valence-corrected chi connectivity index (χ1v) is 8.87. The molecule has 0 amide bonds. The summed E-state index contributed by atoms with van der Waals surface area (Å²) in [6, 6.07) is 33.1. The van der Waals surface area contributed by atoms with E-state index in [1.54, 1.807) is 0 Å². The molecule has 0 aliphatic carbocycles. The lowest BCUT2D eigenvalue weighted by atomic mass is 9.89. The van der Waals surface area contributed by atoms with Crippen molar-refractivity contribution >= 4 is 11.0 Å². The van der Waals surface area contributed by atoms with Crippen LogP contribution in [0.5, 0.6) is 0 Å². The van der Waals surface area contributed by atoms with E-state index >= 15 is 0 Å². The smallest absolute Gasteiger partial charge is 0.144 e. The normalized spacial score (nSPS) is 11.0. The molecule has 0 bridgehead atoms. The highest BCUT2D eigenvalue weighted by Crippen LogP contribution is 2.41. The summed E-state index contributed by atoms with van der Waals surface area (Å²) in [5.74, 6) is 0. The van der Waals surface area contributed by atoms with Crippen molar-refractivity contribution in [2.24, 2.45) is 0 Å². The summed E-state index contributed by atoms with van der Waals surface area (Å²) in [6.45, 7) is 0. The van der Waals surface area contributed by atoms with Crippen molar-refractivity contribution in [2.75, 3.05) is 0 Å². The quantitative estimate of drug-likeness (QED) is 0.388. The number of hydrogen-bond acceptors (Lipinski definition) is 3. The summed E-state index contributed by atoms with van der Waals surface area (Å²) < 4.78 is 5.18. The van der Waals surface area contributed by atoms with Gasteiger partial charge < -0.3 is 0 Å². The predicted octanol–water partition coefficient (Wildman–Crippen LogP) is 6.22. The van der Waals surface area contributed by atoms with E-state index in [-0.39, 0.29) is 0 Å². The molecule has 3 nitrogen and oxygen atoms in total. The molecule has 0 radical (unpaired) electrons. The first kappa shape index (κ1) is 15.5. The van der Waals surface area contributed by atoms with E-state index in [1.165, 1.54) is 0 Å². The topological polar surface area (TPSA) is 38.9 Å². The second-order valence-electron chi connectivity index (χ2n) is 6.41. The summed E-state index contributed by atoms with van der Waals surface area (Å²) in [4.78, 5) is 0. The Morgan fingerprint density at radius 3 is 1.56 bits per heavy atom. The minimum absolute atomic E-state index is 0.778. The molecule has 128 valence electrons. The van der Waals surface area contributed by atoms with E-state index in [4.69, 9.17) is 4.63 Å². The highest BCUT2D eigenvalue weighted by Gasteiger charge is 2.20. The lowest BCUT2D eigenvalue weighted by Gasteiger charge is -2.13. The van der Waals surface area contributed by atoms with Gasteiger partial charge in [-0.1, -0.05) is 91.0 Å². The molecule has 0 atom stereocenters. The van der Waals surface area contributed by atoms with E-state index in [1.807, 2.05) is 42.5 Å². The number of benzene rings is 4. The maximum atomic E-state index is 5.18. The van der Waals surface area contributed by atoms with Gasteiger partial charge in [-0.2, -0.15) is 0 Å². The number of hydrogen-bond donors (Lipinski definition) is 0. The Balaban J connectivity index is 1.90. The molecule has 27 heavy (non-hydrogen) atoms. The minimum atomic E-state index is 0.778. The lowest BCUT2D eigenvalue weighted by molar-refractivity contribution is 0.315. The van der Waals surface area contributed by atoms with Crippen LogP contribution >= 0.6 is 0 Å². The van der Waals surface area contributed by atoms with Crippen LogP contribution in [0.1, 0.15) is 0 Å².